The molecule has 0 saturated heterocycles. The molecule has 3 nitrogen and oxygen atoms in total. The molecule has 3 aromatic rings. The lowest BCUT2D eigenvalue weighted by Crippen LogP contribution is -2.31. The van der Waals surface area contributed by atoms with Gasteiger partial charge in [-0.1, -0.05) is 17.7 Å². The van der Waals surface area contributed by atoms with Crippen LogP contribution in [0.5, 0.6) is 0 Å². The first-order valence-electron chi connectivity index (χ1n) is 8.35. The van der Waals surface area contributed by atoms with Gasteiger partial charge in [0, 0.05) is 60.0 Å². The summed E-state index contributed by atoms with van der Waals surface area (Å²) < 4.78 is 26.9. The molecule has 132 valence electrons. The average Bonchev–Trinajstić information content (AvgIpc) is 2.64. The number of halogens is 3. The highest BCUT2D eigenvalue weighted by Crippen LogP contribution is 2.23. The van der Waals surface area contributed by atoms with Crippen LogP contribution in [0.25, 0.3) is 11.4 Å². The zero-order valence-electron chi connectivity index (χ0n) is 13.9. The van der Waals surface area contributed by atoms with Gasteiger partial charge in [-0.05, 0) is 30.3 Å². The number of nitrogens with zero attached hydrogens (tertiary/aromatic N) is 3. The van der Waals surface area contributed by atoms with E-state index in [4.69, 9.17) is 11.6 Å². The summed E-state index contributed by atoms with van der Waals surface area (Å²) >= 11 is 5.92. The highest BCUT2D eigenvalue weighted by atomic mass is 35.5. The molecule has 4 rings (SSSR count). The normalized spacial score (nSPS) is 14.3. The van der Waals surface area contributed by atoms with Crippen LogP contribution in [0.15, 0.2) is 48.7 Å². The SMILES string of the molecule is Fc1ccc(CN2CCc3nc(-c4ccc(Cl)cc4)ncc3C2)c(F)c1. The van der Waals surface area contributed by atoms with Gasteiger partial charge in [0.2, 0.25) is 0 Å². The van der Waals surface area contributed by atoms with E-state index < -0.39 is 11.6 Å². The Hall–Kier alpha value is -2.37. The first-order valence-corrected chi connectivity index (χ1v) is 8.73. The predicted octanol–water partition coefficient (Wildman–Crippen LogP) is 4.63. The third kappa shape index (κ3) is 3.59. The minimum atomic E-state index is -0.557. The summed E-state index contributed by atoms with van der Waals surface area (Å²) in [4.78, 5) is 11.3. The maximum atomic E-state index is 13.9. The van der Waals surface area contributed by atoms with Crippen LogP contribution in [0, 0.1) is 11.6 Å². The molecule has 0 radical (unpaired) electrons. The van der Waals surface area contributed by atoms with Crippen LogP contribution in [-0.2, 0) is 19.5 Å². The van der Waals surface area contributed by atoms with E-state index in [9.17, 15) is 8.78 Å². The molecule has 0 fully saturated rings. The van der Waals surface area contributed by atoms with Crippen LogP contribution in [-0.4, -0.2) is 21.4 Å². The predicted molar refractivity (Wildman–Crippen MR) is 96.7 cm³/mol. The number of aromatic nitrogens is 2. The monoisotopic (exact) mass is 371 g/mol. The fraction of sp³-hybridized carbons (Fsp3) is 0.200. The molecule has 0 N–H and O–H groups in total. The lowest BCUT2D eigenvalue weighted by atomic mass is 10.1. The second-order valence-electron chi connectivity index (χ2n) is 6.37. The smallest absolute Gasteiger partial charge is 0.159 e. The Balaban J connectivity index is 1.51. The molecular weight excluding hydrogens is 356 g/mol. The molecule has 26 heavy (non-hydrogen) atoms. The van der Waals surface area contributed by atoms with Crippen molar-refractivity contribution < 1.29 is 8.78 Å². The Kier molecular flexibility index (Phi) is 4.66. The lowest BCUT2D eigenvalue weighted by molar-refractivity contribution is 0.239. The summed E-state index contributed by atoms with van der Waals surface area (Å²) in [6.45, 7) is 1.85. The Morgan fingerprint density at radius 2 is 1.88 bits per heavy atom. The van der Waals surface area contributed by atoms with Gasteiger partial charge in [-0.3, -0.25) is 4.90 Å². The van der Waals surface area contributed by atoms with Crippen molar-refractivity contribution in [3.8, 4) is 11.4 Å². The van der Waals surface area contributed by atoms with Crippen molar-refractivity contribution in [3.05, 3.63) is 82.1 Å². The molecule has 1 aliphatic heterocycles. The Bertz CT molecular complexity index is 944. The van der Waals surface area contributed by atoms with Crippen molar-refractivity contribution in [2.75, 3.05) is 6.54 Å². The van der Waals surface area contributed by atoms with Crippen LogP contribution in [0.1, 0.15) is 16.8 Å². The van der Waals surface area contributed by atoms with Crippen molar-refractivity contribution >= 4 is 11.6 Å². The first-order chi connectivity index (χ1) is 12.6. The van der Waals surface area contributed by atoms with Crippen molar-refractivity contribution in [2.45, 2.75) is 19.5 Å². The second-order valence-corrected chi connectivity index (χ2v) is 6.81. The fourth-order valence-corrected chi connectivity index (χ4v) is 3.26. The van der Waals surface area contributed by atoms with E-state index in [-0.39, 0.29) is 0 Å². The van der Waals surface area contributed by atoms with Crippen LogP contribution in [0.4, 0.5) is 8.78 Å². The maximum absolute atomic E-state index is 13.9. The number of benzene rings is 2. The molecule has 0 aliphatic carbocycles. The fourth-order valence-electron chi connectivity index (χ4n) is 3.14. The third-order valence-corrected chi connectivity index (χ3v) is 4.78. The quantitative estimate of drug-likeness (QED) is 0.672. The van der Waals surface area contributed by atoms with Crippen LogP contribution in [0.3, 0.4) is 0 Å². The van der Waals surface area contributed by atoms with E-state index in [0.717, 1.165) is 35.9 Å². The second kappa shape index (κ2) is 7.09. The highest BCUT2D eigenvalue weighted by Gasteiger charge is 2.20. The standard InChI is InChI=1S/C20H16ClF2N3/c21-16-4-1-13(2-5-16)20-24-10-15-12-26(8-7-19(15)25-20)11-14-3-6-17(22)9-18(14)23/h1-6,9-10H,7-8,11-12H2. The number of rotatable bonds is 3. The molecule has 0 atom stereocenters. The van der Waals surface area contributed by atoms with Gasteiger partial charge < -0.3 is 0 Å². The summed E-state index contributed by atoms with van der Waals surface area (Å²) in [7, 11) is 0. The third-order valence-electron chi connectivity index (χ3n) is 4.52. The van der Waals surface area contributed by atoms with Crippen molar-refractivity contribution in [1.29, 1.82) is 0 Å². The van der Waals surface area contributed by atoms with E-state index in [1.807, 2.05) is 30.5 Å². The molecule has 0 spiro atoms. The molecule has 1 aliphatic rings. The number of hydrogen-bond acceptors (Lipinski definition) is 3. The number of hydrogen-bond donors (Lipinski definition) is 0. The molecule has 2 aromatic carbocycles. The topological polar surface area (TPSA) is 29.0 Å². The van der Waals surface area contributed by atoms with E-state index in [1.165, 1.54) is 12.1 Å². The Morgan fingerprint density at radius 3 is 2.65 bits per heavy atom. The molecule has 2 heterocycles. The van der Waals surface area contributed by atoms with E-state index in [2.05, 4.69) is 14.9 Å². The molecular formula is C20H16ClF2N3. The minimum Gasteiger partial charge on any atom is -0.294 e. The van der Waals surface area contributed by atoms with Crippen molar-refractivity contribution in [2.24, 2.45) is 0 Å². The van der Waals surface area contributed by atoms with Gasteiger partial charge in [0.25, 0.3) is 0 Å². The van der Waals surface area contributed by atoms with E-state index in [0.29, 0.717) is 29.5 Å². The van der Waals surface area contributed by atoms with Crippen LogP contribution in [0.2, 0.25) is 5.02 Å². The van der Waals surface area contributed by atoms with Gasteiger partial charge in [0.05, 0.1) is 5.69 Å². The summed E-state index contributed by atoms with van der Waals surface area (Å²) in [5.74, 6) is -0.387. The van der Waals surface area contributed by atoms with Crippen LogP contribution >= 0.6 is 11.6 Å². The molecule has 1 aromatic heterocycles. The highest BCUT2D eigenvalue weighted by molar-refractivity contribution is 6.30. The zero-order valence-corrected chi connectivity index (χ0v) is 14.7. The Morgan fingerprint density at radius 1 is 1.08 bits per heavy atom. The van der Waals surface area contributed by atoms with Gasteiger partial charge in [-0.15, -0.1) is 0 Å². The molecule has 0 bridgehead atoms. The van der Waals surface area contributed by atoms with E-state index in [1.54, 1.807) is 0 Å². The van der Waals surface area contributed by atoms with Crippen molar-refractivity contribution in [3.63, 3.8) is 0 Å². The van der Waals surface area contributed by atoms with Gasteiger partial charge in [0.1, 0.15) is 11.6 Å². The maximum Gasteiger partial charge on any atom is 0.159 e. The molecule has 0 amide bonds. The van der Waals surface area contributed by atoms with Gasteiger partial charge in [-0.25, -0.2) is 18.7 Å². The zero-order chi connectivity index (χ0) is 18.1. The summed E-state index contributed by atoms with van der Waals surface area (Å²) in [5.41, 5.74) is 3.47. The van der Waals surface area contributed by atoms with E-state index >= 15 is 0 Å². The molecule has 0 unspecified atom stereocenters. The summed E-state index contributed by atoms with van der Waals surface area (Å²) in [6, 6.07) is 11.2. The van der Waals surface area contributed by atoms with Gasteiger partial charge in [-0.2, -0.15) is 0 Å². The number of fused-ring (bicyclic) bond motifs is 1. The average molecular weight is 372 g/mol. The Labute approximate surface area is 155 Å². The van der Waals surface area contributed by atoms with Gasteiger partial charge in [0.15, 0.2) is 5.82 Å². The van der Waals surface area contributed by atoms with Crippen LogP contribution < -0.4 is 0 Å². The minimum absolute atomic E-state index is 0.435. The lowest BCUT2D eigenvalue weighted by Gasteiger charge is -2.28. The molecule has 0 saturated carbocycles. The summed E-state index contributed by atoms with van der Waals surface area (Å²) in [5, 5.41) is 0.676. The largest absolute Gasteiger partial charge is 0.294 e. The molecule has 6 heteroatoms. The summed E-state index contributed by atoms with van der Waals surface area (Å²) in [6.07, 6.45) is 2.60. The van der Waals surface area contributed by atoms with Gasteiger partial charge >= 0.3 is 0 Å². The van der Waals surface area contributed by atoms with Crippen molar-refractivity contribution in [1.82, 2.24) is 14.9 Å². The first kappa shape index (κ1) is 17.1.